The van der Waals surface area contributed by atoms with Crippen molar-refractivity contribution in [1.82, 2.24) is 14.8 Å². The molecule has 148 valence electrons. The van der Waals surface area contributed by atoms with E-state index in [1.165, 1.54) is 18.9 Å². The predicted molar refractivity (Wildman–Crippen MR) is 107 cm³/mol. The highest BCUT2D eigenvalue weighted by Gasteiger charge is 2.38. The molecule has 0 bridgehead atoms. The molecule has 2 aromatic rings. The maximum Gasteiger partial charge on any atom is 0.254 e. The molecule has 1 aromatic heterocycles. The van der Waals surface area contributed by atoms with E-state index in [-0.39, 0.29) is 23.6 Å². The fourth-order valence-electron chi connectivity index (χ4n) is 4.35. The van der Waals surface area contributed by atoms with Gasteiger partial charge in [0.15, 0.2) is 0 Å². The largest absolute Gasteiger partial charge is 0.373 e. The number of ether oxygens (including phenoxy) is 1. The lowest BCUT2D eigenvalue weighted by Gasteiger charge is -2.42. The molecule has 0 aliphatic carbocycles. The van der Waals surface area contributed by atoms with Crippen LogP contribution in [0.1, 0.15) is 40.5 Å². The average molecular weight is 381 g/mol. The van der Waals surface area contributed by atoms with E-state index in [9.17, 15) is 9.59 Å². The molecule has 0 unspecified atom stereocenters. The molecule has 0 saturated carbocycles. The zero-order valence-corrected chi connectivity index (χ0v) is 16.3. The number of carbonyl (C=O) groups is 1. The fourth-order valence-corrected chi connectivity index (χ4v) is 4.35. The number of carbonyl (C=O) groups excluding carboxylic acids is 1. The van der Waals surface area contributed by atoms with Gasteiger partial charge >= 0.3 is 0 Å². The van der Waals surface area contributed by atoms with Gasteiger partial charge in [0.05, 0.1) is 18.8 Å². The van der Waals surface area contributed by atoms with Gasteiger partial charge in [-0.2, -0.15) is 0 Å². The van der Waals surface area contributed by atoms with Crippen LogP contribution in [0.15, 0.2) is 47.3 Å². The predicted octanol–water partition coefficient (Wildman–Crippen LogP) is 2.36. The summed E-state index contributed by atoms with van der Waals surface area (Å²) in [7, 11) is 0. The summed E-state index contributed by atoms with van der Waals surface area (Å²) in [6.07, 6.45) is 2.36. The van der Waals surface area contributed by atoms with Gasteiger partial charge in [-0.15, -0.1) is 0 Å². The van der Waals surface area contributed by atoms with E-state index in [1.807, 2.05) is 23.1 Å². The van der Waals surface area contributed by atoms with Crippen molar-refractivity contribution >= 4 is 5.91 Å². The van der Waals surface area contributed by atoms with Gasteiger partial charge < -0.3 is 19.5 Å². The second-order valence-electron chi connectivity index (χ2n) is 7.69. The van der Waals surface area contributed by atoms with Gasteiger partial charge in [0, 0.05) is 30.4 Å². The SMILES string of the molecule is Cc1cc(C(=O)N2CCO[C@@H](CN3CCCC3)[C@@H]2c2ccccc2)cc(=O)[nH]1. The summed E-state index contributed by atoms with van der Waals surface area (Å²) < 4.78 is 6.17. The summed E-state index contributed by atoms with van der Waals surface area (Å²) in [6.45, 7) is 5.81. The molecule has 1 aromatic carbocycles. The number of hydrogen-bond acceptors (Lipinski definition) is 4. The summed E-state index contributed by atoms with van der Waals surface area (Å²) in [6, 6.07) is 13.1. The van der Waals surface area contributed by atoms with E-state index in [0.29, 0.717) is 24.4 Å². The van der Waals surface area contributed by atoms with Crippen molar-refractivity contribution in [3.8, 4) is 0 Å². The number of nitrogens with one attached hydrogen (secondary N) is 1. The third-order valence-corrected chi connectivity index (χ3v) is 5.62. The molecule has 6 nitrogen and oxygen atoms in total. The average Bonchev–Trinajstić information content (AvgIpc) is 3.20. The number of H-pyrrole nitrogens is 1. The molecule has 0 spiro atoms. The summed E-state index contributed by atoms with van der Waals surface area (Å²) in [5.74, 6) is -0.113. The van der Waals surface area contributed by atoms with Crippen molar-refractivity contribution < 1.29 is 9.53 Å². The van der Waals surface area contributed by atoms with Crippen molar-refractivity contribution in [3.05, 3.63) is 69.6 Å². The van der Waals surface area contributed by atoms with Crippen LogP contribution in [0.5, 0.6) is 0 Å². The molecular formula is C22H27N3O3. The standard InChI is InChI=1S/C22H27N3O3/c1-16-13-18(14-20(26)23-16)22(27)25-11-12-28-19(15-24-9-5-6-10-24)21(25)17-7-3-2-4-8-17/h2-4,7-8,13-14,19,21H,5-6,9-12,15H2,1H3,(H,23,26)/t19-,21-/m0/s1. The molecule has 2 atom stereocenters. The van der Waals surface area contributed by atoms with Crippen LogP contribution in [0.25, 0.3) is 0 Å². The molecule has 2 fully saturated rings. The molecule has 2 aliphatic rings. The van der Waals surface area contributed by atoms with Gasteiger partial charge in [0.25, 0.3) is 5.91 Å². The molecule has 2 aliphatic heterocycles. The number of morpholine rings is 1. The maximum absolute atomic E-state index is 13.4. The first-order chi connectivity index (χ1) is 13.6. The molecule has 6 heteroatoms. The zero-order chi connectivity index (χ0) is 19.5. The van der Waals surface area contributed by atoms with E-state index in [0.717, 1.165) is 25.2 Å². The lowest BCUT2D eigenvalue weighted by molar-refractivity contribution is -0.0707. The van der Waals surface area contributed by atoms with Crippen molar-refractivity contribution in [3.63, 3.8) is 0 Å². The minimum absolute atomic E-state index is 0.0821. The topological polar surface area (TPSA) is 65.6 Å². The lowest BCUT2D eigenvalue weighted by Crippen LogP contribution is -2.51. The van der Waals surface area contributed by atoms with E-state index in [1.54, 1.807) is 13.0 Å². The van der Waals surface area contributed by atoms with E-state index >= 15 is 0 Å². The number of benzene rings is 1. The first-order valence-corrected chi connectivity index (χ1v) is 10.0. The summed E-state index contributed by atoms with van der Waals surface area (Å²) in [4.78, 5) is 32.3. The molecule has 28 heavy (non-hydrogen) atoms. The van der Waals surface area contributed by atoms with Crippen LogP contribution in [-0.2, 0) is 4.74 Å². The second-order valence-corrected chi connectivity index (χ2v) is 7.69. The van der Waals surface area contributed by atoms with Crippen LogP contribution in [-0.4, -0.2) is 59.6 Å². The van der Waals surface area contributed by atoms with Crippen molar-refractivity contribution in [1.29, 1.82) is 0 Å². The Morgan fingerprint density at radius 1 is 1.14 bits per heavy atom. The van der Waals surface area contributed by atoms with E-state index in [2.05, 4.69) is 22.0 Å². The van der Waals surface area contributed by atoms with E-state index in [4.69, 9.17) is 4.74 Å². The molecule has 1 N–H and O–H groups in total. The van der Waals surface area contributed by atoms with Gasteiger partial charge in [-0.25, -0.2) is 0 Å². The van der Waals surface area contributed by atoms with Crippen molar-refractivity contribution in [2.45, 2.75) is 31.9 Å². The maximum atomic E-state index is 13.4. The molecular weight excluding hydrogens is 354 g/mol. The molecule has 1 amide bonds. The molecule has 3 heterocycles. The smallest absolute Gasteiger partial charge is 0.254 e. The van der Waals surface area contributed by atoms with Crippen LogP contribution in [0.3, 0.4) is 0 Å². The number of rotatable bonds is 4. The Morgan fingerprint density at radius 2 is 1.89 bits per heavy atom. The van der Waals surface area contributed by atoms with Crippen LogP contribution < -0.4 is 5.56 Å². The van der Waals surface area contributed by atoms with Crippen molar-refractivity contribution in [2.75, 3.05) is 32.8 Å². The Kier molecular flexibility index (Phi) is 5.59. The molecule has 0 radical (unpaired) electrons. The van der Waals surface area contributed by atoms with Crippen LogP contribution in [0, 0.1) is 6.92 Å². The Balaban J connectivity index is 1.67. The summed E-state index contributed by atoms with van der Waals surface area (Å²) in [5, 5.41) is 0. The van der Waals surface area contributed by atoms with Crippen molar-refractivity contribution in [2.24, 2.45) is 0 Å². The summed E-state index contributed by atoms with van der Waals surface area (Å²) >= 11 is 0. The Labute approximate surface area is 165 Å². The highest BCUT2D eigenvalue weighted by atomic mass is 16.5. The number of nitrogens with zero attached hydrogens (tertiary/aromatic N) is 2. The number of likely N-dealkylation sites (tertiary alicyclic amines) is 1. The van der Waals surface area contributed by atoms with Gasteiger partial charge in [0.2, 0.25) is 5.56 Å². The minimum Gasteiger partial charge on any atom is -0.373 e. The third kappa shape index (κ3) is 4.03. The number of aromatic nitrogens is 1. The Bertz CT molecular complexity index is 874. The first kappa shape index (κ1) is 18.9. The van der Waals surface area contributed by atoms with Gasteiger partial charge in [-0.1, -0.05) is 30.3 Å². The number of pyridine rings is 1. The Morgan fingerprint density at radius 3 is 2.61 bits per heavy atom. The highest BCUT2D eigenvalue weighted by Crippen LogP contribution is 2.32. The second kappa shape index (κ2) is 8.29. The highest BCUT2D eigenvalue weighted by molar-refractivity contribution is 5.94. The van der Waals surface area contributed by atoms with Crippen LogP contribution in [0.2, 0.25) is 0 Å². The first-order valence-electron chi connectivity index (χ1n) is 10.0. The third-order valence-electron chi connectivity index (χ3n) is 5.62. The zero-order valence-electron chi connectivity index (χ0n) is 16.3. The number of amides is 1. The number of aryl methyl sites for hydroxylation is 1. The Hall–Kier alpha value is -2.44. The van der Waals surface area contributed by atoms with Crippen LogP contribution in [0.4, 0.5) is 0 Å². The lowest BCUT2D eigenvalue weighted by atomic mass is 9.96. The molecule has 4 rings (SSSR count). The van der Waals surface area contributed by atoms with Crippen LogP contribution >= 0.6 is 0 Å². The number of aromatic amines is 1. The van der Waals surface area contributed by atoms with E-state index < -0.39 is 0 Å². The molecule has 2 saturated heterocycles. The van der Waals surface area contributed by atoms with Gasteiger partial charge in [-0.3, -0.25) is 9.59 Å². The van der Waals surface area contributed by atoms with Gasteiger partial charge in [-0.05, 0) is 44.5 Å². The summed E-state index contributed by atoms with van der Waals surface area (Å²) in [5.41, 5.74) is 1.95. The number of hydrogen-bond donors (Lipinski definition) is 1. The van der Waals surface area contributed by atoms with Gasteiger partial charge in [0.1, 0.15) is 0 Å². The fraction of sp³-hybridized carbons (Fsp3) is 0.455. The minimum atomic E-state index is -0.249. The monoisotopic (exact) mass is 381 g/mol. The normalized spacial score (nSPS) is 23.1. The quantitative estimate of drug-likeness (QED) is 0.883.